The van der Waals surface area contributed by atoms with Crippen LogP contribution >= 0.6 is 0 Å². The number of carbonyl (C=O) groups is 1. The standard InChI is InChI=1S/C22H27N3O2/c1-6-8-21(27)15(4)9-14(3)19(7-2)20-10-17-13-24-22(25-16(5)26)11-18(17)12-23-20/h7,9-13,21,27H,4,6,8H2,1-3,5H3,(H,24,25,26)/b14-9-,19-7+. The maximum absolute atomic E-state index is 11.2. The number of hydrogen-bond acceptors (Lipinski definition) is 4. The fourth-order valence-corrected chi connectivity index (χ4v) is 2.92. The molecule has 0 saturated carbocycles. The molecule has 1 atom stereocenters. The van der Waals surface area contributed by atoms with Crippen LogP contribution in [0.4, 0.5) is 5.82 Å². The number of nitrogens with zero attached hydrogens (tertiary/aromatic N) is 2. The number of aliphatic hydroxyl groups is 1. The highest BCUT2D eigenvalue weighted by Crippen LogP contribution is 2.26. The largest absolute Gasteiger partial charge is 0.388 e. The van der Waals surface area contributed by atoms with E-state index in [0.717, 1.165) is 34.0 Å². The van der Waals surface area contributed by atoms with Crippen LogP contribution in [0.15, 0.2) is 54.4 Å². The average Bonchev–Trinajstić information content (AvgIpc) is 2.62. The minimum Gasteiger partial charge on any atom is -0.388 e. The zero-order valence-electron chi connectivity index (χ0n) is 16.4. The van der Waals surface area contributed by atoms with Crippen LogP contribution in [0.2, 0.25) is 0 Å². The number of fused-ring (bicyclic) bond motifs is 1. The van der Waals surface area contributed by atoms with Crippen molar-refractivity contribution >= 4 is 28.1 Å². The van der Waals surface area contributed by atoms with Crippen molar-refractivity contribution < 1.29 is 9.90 Å². The zero-order valence-corrected chi connectivity index (χ0v) is 16.4. The number of nitrogens with one attached hydrogen (secondary N) is 1. The topological polar surface area (TPSA) is 75.1 Å². The third-order valence-corrected chi connectivity index (χ3v) is 4.29. The van der Waals surface area contributed by atoms with Crippen LogP contribution in [-0.4, -0.2) is 27.1 Å². The number of rotatable bonds is 7. The summed E-state index contributed by atoms with van der Waals surface area (Å²) in [5.74, 6) is 0.349. The fourth-order valence-electron chi connectivity index (χ4n) is 2.92. The van der Waals surface area contributed by atoms with Gasteiger partial charge in [-0.05, 0) is 49.1 Å². The van der Waals surface area contributed by atoms with Crippen LogP contribution in [0.25, 0.3) is 16.3 Å². The highest BCUT2D eigenvalue weighted by Gasteiger charge is 2.10. The van der Waals surface area contributed by atoms with Gasteiger partial charge in [0.25, 0.3) is 0 Å². The van der Waals surface area contributed by atoms with Crippen molar-refractivity contribution in [3.05, 3.63) is 60.1 Å². The van der Waals surface area contributed by atoms with Crippen molar-refractivity contribution in [2.75, 3.05) is 5.32 Å². The molecule has 2 aromatic heterocycles. The first kappa shape index (κ1) is 20.5. The highest BCUT2D eigenvalue weighted by molar-refractivity contribution is 5.92. The van der Waals surface area contributed by atoms with Gasteiger partial charge in [0.1, 0.15) is 5.82 Å². The van der Waals surface area contributed by atoms with Crippen molar-refractivity contribution in [1.29, 1.82) is 0 Å². The summed E-state index contributed by atoms with van der Waals surface area (Å²) in [6.45, 7) is 11.4. The third-order valence-electron chi connectivity index (χ3n) is 4.29. The van der Waals surface area contributed by atoms with Crippen molar-refractivity contribution in [2.45, 2.75) is 46.6 Å². The predicted octanol–water partition coefficient (Wildman–Crippen LogP) is 4.66. The van der Waals surface area contributed by atoms with Crippen LogP contribution < -0.4 is 5.32 Å². The van der Waals surface area contributed by atoms with Crippen LogP contribution in [0.5, 0.6) is 0 Å². The van der Waals surface area contributed by atoms with Crippen LogP contribution in [0.1, 0.15) is 46.2 Å². The second-order valence-corrected chi connectivity index (χ2v) is 6.58. The van der Waals surface area contributed by atoms with Crippen LogP contribution in [0.3, 0.4) is 0 Å². The first-order chi connectivity index (χ1) is 12.8. The quantitative estimate of drug-likeness (QED) is 0.700. The molecule has 2 rings (SSSR count). The van der Waals surface area contributed by atoms with Crippen molar-refractivity contribution in [1.82, 2.24) is 9.97 Å². The molecule has 0 bridgehead atoms. The second kappa shape index (κ2) is 9.24. The predicted molar refractivity (Wildman–Crippen MR) is 111 cm³/mol. The zero-order chi connectivity index (χ0) is 20.0. The van der Waals surface area contributed by atoms with Gasteiger partial charge in [0.15, 0.2) is 0 Å². The van der Waals surface area contributed by atoms with E-state index < -0.39 is 6.10 Å². The molecule has 0 aromatic carbocycles. The van der Waals surface area contributed by atoms with Gasteiger partial charge in [-0.1, -0.05) is 32.1 Å². The number of amides is 1. The van der Waals surface area contributed by atoms with E-state index >= 15 is 0 Å². The lowest BCUT2D eigenvalue weighted by Crippen LogP contribution is -2.07. The monoisotopic (exact) mass is 365 g/mol. The van der Waals surface area contributed by atoms with E-state index in [2.05, 4.69) is 21.9 Å². The summed E-state index contributed by atoms with van der Waals surface area (Å²) in [6.07, 6.45) is 8.49. The Hall–Kier alpha value is -2.79. The molecule has 0 aliphatic carbocycles. The molecule has 1 unspecified atom stereocenters. The molecule has 1 amide bonds. The van der Waals surface area contributed by atoms with Gasteiger partial charge >= 0.3 is 0 Å². The first-order valence-electron chi connectivity index (χ1n) is 9.11. The van der Waals surface area contributed by atoms with Crippen LogP contribution in [0, 0.1) is 0 Å². The van der Waals surface area contributed by atoms with Crippen LogP contribution in [-0.2, 0) is 4.79 Å². The smallest absolute Gasteiger partial charge is 0.222 e. The Morgan fingerprint density at radius 2 is 1.93 bits per heavy atom. The van der Waals surface area contributed by atoms with Gasteiger partial charge in [-0.3, -0.25) is 9.78 Å². The molecule has 2 heterocycles. The van der Waals surface area contributed by atoms with Gasteiger partial charge in [-0.15, -0.1) is 0 Å². The van der Waals surface area contributed by atoms with Crippen molar-refractivity contribution in [2.24, 2.45) is 0 Å². The molecule has 27 heavy (non-hydrogen) atoms. The highest BCUT2D eigenvalue weighted by atomic mass is 16.3. The molecular formula is C22H27N3O2. The van der Waals surface area contributed by atoms with E-state index in [9.17, 15) is 9.90 Å². The molecule has 0 saturated heterocycles. The summed E-state index contributed by atoms with van der Waals surface area (Å²) < 4.78 is 0. The number of allylic oxidation sites excluding steroid dienone is 3. The Morgan fingerprint density at radius 1 is 1.26 bits per heavy atom. The van der Waals surface area contributed by atoms with Gasteiger partial charge in [0.2, 0.25) is 5.91 Å². The molecule has 5 heteroatoms. The molecular weight excluding hydrogens is 338 g/mol. The molecule has 0 fully saturated rings. The van der Waals surface area contributed by atoms with E-state index in [1.165, 1.54) is 6.92 Å². The Morgan fingerprint density at radius 3 is 2.56 bits per heavy atom. The summed E-state index contributed by atoms with van der Waals surface area (Å²) in [7, 11) is 0. The molecule has 0 radical (unpaired) electrons. The number of hydrogen-bond donors (Lipinski definition) is 2. The van der Waals surface area contributed by atoms with Gasteiger partial charge in [0, 0.05) is 30.1 Å². The maximum Gasteiger partial charge on any atom is 0.222 e. The van der Waals surface area contributed by atoms with Gasteiger partial charge in [-0.2, -0.15) is 0 Å². The average molecular weight is 365 g/mol. The maximum atomic E-state index is 11.2. The lowest BCUT2D eigenvalue weighted by Gasteiger charge is -2.13. The summed E-state index contributed by atoms with van der Waals surface area (Å²) in [4.78, 5) is 20.0. The Balaban J connectivity index is 2.32. The van der Waals surface area contributed by atoms with E-state index in [-0.39, 0.29) is 5.91 Å². The van der Waals surface area contributed by atoms with Crippen molar-refractivity contribution in [3.8, 4) is 0 Å². The Bertz CT molecular complexity index is 913. The summed E-state index contributed by atoms with van der Waals surface area (Å²) in [5.41, 5.74) is 3.50. The molecule has 0 spiro atoms. The Labute approximate surface area is 160 Å². The van der Waals surface area contributed by atoms with Gasteiger partial charge in [0.05, 0.1) is 11.8 Å². The molecule has 2 aromatic rings. The number of aromatic nitrogens is 2. The fraction of sp³-hybridized carbons (Fsp3) is 0.318. The van der Waals surface area contributed by atoms with E-state index in [1.54, 1.807) is 18.5 Å². The molecule has 2 N–H and O–H groups in total. The third kappa shape index (κ3) is 5.34. The molecule has 142 valence electrons. The van der Waals surface area contributed by atoms with E-state index in [0.29, 0.717) is 17.8 Å². The minimum atomic E-state index is -0.524. The number of pyridine rings is 2. The second-order valence-electron chi connectivity index (χ2n) is 6.58. The molecule has 5 nitrogen and oxygen atoms in total. The molecule has 0 aliphatic rings. The number of carbonyl (C=O) groups excluding carboxylic acids is 1. The van der Waals surface area contributed by atoms with E-state index in [4.69, 9.17) is 0 Å². The Kier molecular flexibility index (Phi) is 7.02. The summed E-state index contributed by atoms with van der Waals surface area (Å²) >= 11 is 0. The normalized spacial score (nSPS) is 13.5. The number of anilines is 1. The van der Waals surface area contributed by atoms with Crippen molar-refractivity contribution in [3.63, 3.8) is 0 Å². The minimum absolute atomic E-state index is 0.158. The lowest BCUT2D eigenvalue weighted by atomic mass is 9.97. The van der Waals surface area contributed by atoms with E-state index in [1.807, 2.05) is 39.0 Å². The van der Waals surface area contributed by atoms with Gasteiger partial charge < -0.3 is 10.4 Å². The lowest BCUT2D eigenvalue weighted by molar-refractivity contribution is -0.114. The summed E-state index contributed by atoms with van der Waals surface area (Å²) in [5, 5.41) is 14.6. The first-order valence-corrected chi connectivity index (χ1v) is 9.11. The summed E-state index contributed by atoms with van der Waals surface area (Å²) in [6, 6.07) is 3.77. The molecule has 0 aliphatic heterocycles. The SMILES string of the molecule is C=C(/C=C(C)\C(=C/C)c1cc2cnc(NC(C)=O)cc2cn1)C(O)CCC. The number of aliphatic hydroxyl groups excluding tert-OH is 1. The van der Waals surface area contributed by atoms with Gasteiger partial charge in [-0.25, -0.2) is 4.98 Å².